The van der Waals surface area contributed by atoms with Gasteiger partial charge in [-0.1, -0.05) is 18.2 Å². The Balaban J connectivity index is 1.53. The number of ether oxygens (including phenoxy) is 3. The third-order valence-electron chi connectivity index (χ3n) is 4.45. The molecule has 27 heavy (non-hydrogen) atoms. The summed E-state index contributed by atoms with van der Waals surface area (Å²) in [4.78, 5) is 2.15. The third kappa shape index (κ3) is 5.02. The second-order valence-electron chi connectivity index (χ2n) is 6.51. The molecule has 2 aromatic carbocycles. The number of likely N-dealkylation sites (N-methyl/N-ethyl adjacent to an activating group) is 1. The molecule has 2 N–H and O–H groups in total. The molecular weight excluding hydrogens is 362 g/mol. The van der Waals surface area contributed by atoms with Crippen molar-refractivity contribution in [1.82, 2.24) is 15.5 Å². The topological polar surface area (TPSA) is 55.0 Å². The first-order valence-electron chi connectivity index (χ1n) is 8.77. The molecule has 0 saturated heterocycles. The first-order chi connectivity index (χ1) is 13.1. The zero-order valence-electron chi connectivity index (χ0n) is 15.8. The van der Waals surface area contributed by atoms with Crippen LogP contribution in [0.25, 0.3) is 0 Å². The Morgan fingerprint density at radius 1 is 1.15 bits per heavy atom. The number of benzene rings is 2. The van der Waals surface area contributed by atoms with Gasteiger partial charge in [0.15, 0.2) is 16.6 Å². The standard InChI is InChI=1S/C20H25N3O3S/c1-23(2)17(15-5-4-6-16(10-15)24-3)12-22-20(27)21-11-14-7-8-18-19(9-14)26-13-25-18/h4-10,17H,11-13H2,1-3H3,(H2,21,22,27)/t17-/m0/s1. The van der Waals surface area contributed by atoms with Crippen molar-refractivity contribution in [2.75, 3.05) is 34.5 Å². The zero-order chi connectivity index (χ0) is 19.2. The molecule has 3 rings (SSSR count). The van der Waals surface area contributed by atoms with E-state index in [0.717, 1.165) is 22.8 Å². The minimum absolute atomic E-state index is 0.172. The van der Waals surface area contributed by atoms with Gasteiger partial charge in [-0.25, -0.2) is 0 Å². The Bertz CT molecular complexity index is 798. The van der Waals surface area contributed by atoms with Gasteiger partial charge >= 0.3 is 0 Å². The highest BCUT2D eigenvalue weighted by Crippen LogP contribution is 2.32. The number of hydrogen-bond acceptors (Lipinski definition) is 5. The van der Waals surface area contributed by atoms with Crippen LogP contribution in [0, 0.1) is 0 Å². The van der Waals surface area contributed by atoms with Crippen LogP contribution in [-0.4, -0.2) is 44.6 Å². The minimum atomic E-state index is 0.172. The first-order valence-corrected chi connectivity index (χ1v) is 9.18. The fraction of sp³-hybridized carbons (Fsp3) is 0.350. The van der Waals surface area contributed by atoms with Crippen LogP contribution in [0.3, 0.4) is 0 Å². The van der Waals surface area contributed by atoms with Crippen LogP contribution in [-0.2, 0) is 6.54 Å². The first kappa shape index (κ1) is 19.3. The van der Waals surface area contributed by atoms with E-state index >= 15 is 0 Å². The van der Waals surface area contributed by atoms with Crippen LogP contribution in [0.5, 0.6) is 17.2 Å². The molecule has 0 spiro atoms. The van der Waals surface area contributed by atoms with Crippen LogP contribution < -0.4 is 24.8 Å². The molecule has 0 bridgehead atoms. The summed E-state index contributed by atoms with van der Waals surface area (Å²) in [7, 11) is 5.78. The molecule has 0 unspecified atom stereocenters. The van der Waals surface area contributed by atoms with Gasteiger partial charge in [-0.2, -0.15) is 0 Å². The Kier molecular flexibility index (Phi) is 6.36. The van der Waals surface area contributed by atoms with Gasteiger partial charge in [-0.3, -0.25) is 0 Å². The van der Waals surface area contributed by atoms with Crippen LogP contribution in [0.15, 0.2) is 42.5 Å². The summed E-state index contributed by atoms with van der Waals surface area (Å²) in [5.74, 6) is 2.41. The van der Waals surface area contributed by atoms with Crippen molar-refractivity contribution in [3.63, 3.8) is 0 Å². The zero-order valence-corrected chi connectivity index (χ0v) is 16.6. The van der Waals surface area contributed by atoms with Crippen molar-refractivity contribution in [3.8, 4) is 17.2 Å². The van der Waals surface area contributed by atoms with Crippen LogP contribution in [0.4, 0.5) is 0 Å². The van der Waals surface area contributed by atoms with Gasteiger partial charge in [0.05, 0.1) is 13.2 Å². The maximum atomic E-state index is 5.43. The molecule has 1 aliphatic heterocycles. The fourth-order valence-corrected chi connectivity index (χ4v) is 3.09. The van der Waals surface area contributed by atoms with E-state index in [1.807, 2.05) is 30.3 Å². The summed E-state index contributed by atoms with van der Waals surface area (Å²) in [6.45, 7) is 1.59. The largest absolute Gasteiger partial charge is 0.497 e. The van der Waals surface area contributed by atoms with E-state index in [0.29, 0.717) is 18.2 Å². The van der Waals surface area contributed by atoms with Crippen molar-refractivity contribution in [1.29, 1.82) is 0 Å². The molecule has 0 amide bonds. The van der Waals surface area contributed by atoms with E-state index in [1.165, 1.54) is 5.56 Å². The van der Waals surface area contributed by atoms with Gasteiger partial charge in [0, 0.05) is 13.1 Å². The maximum Gasteiger partial charge on any atom is 0.231 e. The number of hydrogen-bond donors (Lipinski definition) is 2. The Morgan fingerprint density at radius 2 is 1.96 bits per heavy atom. The van der Waals surface area contributed by atoms with Crippen molar-refractivity contribution in [2.45, 2.75) is 12.6 Å². The summed E-state index contributed by atoms with van der Waals surface area (Å²) in [5.41, 5.74) is 2.26. The smallest absolute Gasteiger partial charge is 0.231 e. The van der Waals surface area contributed by atoms with Crippen molar-refractivity contribution in [3.05, 3.63) is 53.6 Å². The van der Waals surface area contributed by atoms with Gasteiger partial charge in [0.25, 0.3) is 0 Å². The molecular formula is C20H25N3O3S. The van der Waals surface area contributed by atoms with Gasteiger partial charge in [0.2, 0.25) is 6.79 Å². The SMILES string of the molecule is COc1cccc([C@H](CNC(=S)NCc2ccc3c(c2)OCO3)N(C)C)c1. The summed E-state index contributed by atoms with van der Waals surface area (Å²) in [5, 5.41) is 7.16. The lowest BCUT2D eigenvalue weighted by molar-refractivity contribution is 0.174. The quantitative estimate of drug-likeness (QED) is 0.709. The summed E-state index contributed by atoms with van der Waals surface area (Å²) < 4.78 is 16.1. The lowest BCUT2D eigenvalue weighted by atomic mass is 10.1. The monoisotopic (exact) mass is 387 g/mol. The molecule has 0 saturated carbocycles. The third-order valence-corrected chi connectivity index (χ3v) is 4.74. The highest BCUT2D eigenvalue weighted by atomic mass is 32.1. The number of fused-ring (bicyclic) bond motifs is 1. The maximum absolute atomic E-state index is 5.43. The fourth-order valence-electron chi connectivity index (χ4n) is 2.93. The number of methoxy groups -OCH3 is 1. The second-order valence-corrected chi connectivity index (χ2v) is 6.92. The summed E-state index contributed by atoms with van der Waals surface area (Å²) in [6, 6.07) is 14.2. The van der Waals surface area contributed by atoms with Gasteiger partial charge < -0.3 is 29.7 Å². The summed E-state index contributed by atoms with van der Waals surface area (Å²) in [6.07, 6.45) is 0. The van der Waals surface area contributed by atoms with E-state index in [4.69, 9.17) is 26.4 Å². The molecule has 7 heteroatoms. The molecule has 2 aromatic rings. The molecule has 0 aliphatic carbocycles. The highest BCUT2D eigenvalue weighted by Gasteiger charge is 2.16. The van der Waals surface area contributed by atoms with Gasteiger partial charge in [0.1, 0.15) is 5.75 Å². The minimum Gasteiger partial charge on any atom is -0.497 e. The van der Waals surface area contributed by atoms with Crippen molar-refractivity contribution in [2.24, 2.45) is 0 Å². The second kappa shape index (κ2) is 8.92. The highest BCUT2D eigenvalue weighted by molar-refractivity contribution is 7.80. The number of nitrogens with zero attached hydrogens (tertiary/aromatic N) is 1. The van der Waals surface area contributed by atoms with Crippen molar-refractivity contribution >= 4 is 17.3 Å². The number of nitrogens with one attached hydrogen (secondary N) is 2. The molecule has 0 aromatic heterocycles. The predicted molar refractivity (Wildman–Crippen MR) is 109 cm³/mol. The van der Waals surface area contributed by atoms with E-state index in [1.54, 1.807) is 7.11 Å². The van der Waals surface area contributed by atoms with Crippen molar-refractivity contribution < 1.29 is 14.2 Å². The van der Waals surface area contributed by atoms with E-state index in [9.17, 15) is 0 Å². The normalized spacial score (nSPS) is 13.3. The lowest BCUT2D eigenvalue weighted by Crippen LogP contribution is -2.40. The molecule has 1 heterocycles. The van der Waals surface area contributed by atoms with E-state index in [2.05, 4.69) is 41.8 Å². The molecule has 6 nitrogen and oxygen atoms in total. The van der Waals surface area contributed by atoms with Gasteiger partial charge in [-0.15, -0.1) is 0 Å². The molecule has 1 atom stereocenters. The predicted octanol–water partition coefficient (Wildman–Crippen LogP) is 2.69. The molecule has 1 aliphatic rings. The molecule has 144 valence electrons. The molecule has 0 radical (unpaired) electrons. The Morgan fingerprint density at radius 3 is 2.74 bits per heavy atom. The van der Waals surface area contributed by atoms with E-state index < -0.39 is 0 Å². The van der Waals surface area contributed by atoms with Gasteiger partial charge in [-0.05, 0) is 61.7 Å². The Hall–Kier alpha value is -2.51. The Labute approximate surface area is 165 Å². The van der Waals surface area contributed by atoms with E-state index in [-0.39, 0.29) is 12.8 Å². The average Bonchev–Trinajstić information content (AvgIpc) is 3.14. The van der Waals surface area contributed by atoms with Crippen LogP contribution >= 0.6 is 12.2 Å². The number of thiocarbonyl (C=S) groups is 1. The molecule has 0 fully saturated rings. The number of rotatable bonds is 7. The van der Waals surface area contributed by atoms with Crippen LogP contribution in [0.2, 0.25) is 0 Å². The lowest BCUT2D eigenvalue weighted by Gasteiger charge is -2.26. The van der Waals surface area contributed by atoms with Crippen LogP contribution in [0.1, 0.15) is 17.2 Å². The average molecular weight is 388 g/mol. The summed E-state index contributed by atoms with van der Waals surface area (Å²) >= 11 is 5.43.